The van der Waals surface area contributed by atoms with E-state index in [9.17, 15) is 9.59 Å². The van der Waals surface area contributed by atoms with Crippen LogP contribution >= 0.6 is 0 Å². The van der Waals surface area contributed by atoms with Gasteiger partial charge in [0.1, 0.15) is 0 Å². The van der Waals surface area contributed by atoms with Crippen molar-refractivity contribution >= 4 is 11.9 Å². The van der Waals surface area contributed by atoms with Gasteiger partial charge in [0, 0.05) is 13.0 Å². The number of aryl methyl sites for hydroxylation is 1. The number of aliphatic carboxylic acids is 1. The molecule has 1 saturated heterocycles. The van der Waals surface area contributed by atoms with Crippen LogP contribution in [0.1, 0.15) is 43.7 Å². The van der Waals surface area contributed by atoms with Gasteiger partial charge in [-0.05, 0) is 23.5 Å². The number of carboxylic acids is 1. The summed E-state index contributed by atoms with van der Waals surface area (Å²) in [7, 11) is 0. The Morgan fingerprint density at radius 2 is 2.04 bits per heavy atom. The number of ether oxygens (including phenoxy) is 1. The molecule has 0 bridgehead atoms. The number of carboxylic acid groups (broad SMARTS) is 1. The molecule has 126 valence electrons. The number of morpholine rings is 1. The van der Waals surface area contributed by atoms with E-state index in [4.69, 9.17) is 9.84 Å². The molecular weight excluding hydrogens is 294 g/mol. The topological polar surface area (TPSA) is 66.8 Å². The SMILES string of the molecule is CCc1ccc(C(C)CC(=O)N2CCOCC2CC(=O)O)cc1. The van der Waals surface area contributed by atoms with Gasteiger partial charge >= 0.3 is 5.97 Å². The summed E-state index contributed by atoms with van der Waals surface area (Å²) in [6, 6.07) is 7.98. The first-order valence-corrected chi connectivity index (χ1v) is 8.19. The van der Waals surface area contributed by atoms with Crippen LogP contribution in [0.25, 0.3) is 0 Å². The second-order valence-corrected chi connectivity index (χ2v) is 6.11. The van der Waals surface area contributed by atoms with Crippen molar-refractivity contribution in [3.8, 4) is 0 Å². The van der Waals surface area contributed by atoms with Crippen molar-refractivity contribution in [3.63, 3.8) is 0 Å². The molecule has 1 heterocycles. The third-order valence-corrected chi connectivity index (χ3v) is 4.40. The van der Waals surface area contributed by atoms with E-state index in [2.05, 4.69) is 31.2 Å². The fraction of sp³-hybridized carbons (Fsp3) is 0.556. The standard InChI is InChI=1S/C18H25NO4/c1-3-14-4-6-15(7-5-14)13(2)10-17(20)19-8-9-23-12-16(19)11-18(21)22/h4-7,13,16H,3,8-12H2,1-2H3,(H,21,22). The van der Waals surface area contributed by atoms with Gasteiger partial charge in [-0.1, -0.05) is 38.1 Å². The molecule has 2 atom stereocenters. The highest BCUT2D eigenvalue weighted by atomic mass is 16.5. The first kappa shape index (κ1) is 17.5. The molecule has 0 radical (unpaired) electrons. The van der Waals surface area contributed by atoms with Crippen molar-refractivity contribution in [2.45, 2.75) is 45.1 Å². The monoisotopic (exact) mass is 319 g/mol. The molecule has 1 N–H and O–H groups in total. The van der Waals surface area contributed by atoms with Gasteiger partial charge in [0.25, 0.3) is 0 Å². The normalized spacial score (nSPS) is 19.4. The van der Waals surface area contributed by atoms with Crippen molar-refractivity contribution < 1.29 is 19.4 Å². The Kier molecular flexibility index (Phi) is 6.16. The summed E-state index contributed by atoms with van der Waals surface area (Å²) in [5.74, 6) is -0.783. The van der Waals surface area contributed by atoms with Crippen LogP contribution in [0.2, 0.25) is 0 Å². The molecule has 0 spiro atoms. The second-order valence-electron chi connectivity index (χ2n) is 6.11. The van der Waals surface area contributed by atoms with E-state index in [0.29, 0.717) is 26.2 Å². The number of carbonyl (C=O) groups excluding carboxylic acids is 1. The molecular formula is C18H25NO4. The maximum absolute atomic E-state index is 12.6. The van der Waals surface area contributed by atoms with Crippen molar-refractivity contribution in [3.05, 3.63) is 35.4 Å². The van der Waals surface area contributed by atoms with Gasteiger partial charge in [-0.3, -0.25) is 9.59 Å². The van der Waals surface area contributed by atoms with Crippen LogP contribution in [0.5, 0.6) is 0 Å². The molecule has 0 aromatic heterocycles. The molecule has 2 unspecified atom stereocenters. The van der Waals surface area contributed by atoms with Crippen LogP contribution in [0.4, 0.5) is 0 Å². The molecule has 0 saturated carbocycles. The first-order valence-electron chi connectivity index (χ1n) is 8.19. The minimum absolute atomic E-state index is 0.00613. The quantitative estimate of drug-likeness (QED) is 0.874. The van der Waals surface area contributed by atoms with Crippen LogP contribution in [0, 0.1) is 0 Å². The van der Waals surface area contributed by atoms with E-state index in [1.807, 2.05) is 6.92 Å². The van der Waals surface area contributed by atoms with Gasteiger partial charge < -0.3 is 14.7 Å². The summed E-state index contributed by atoms with van der Waals surface area (Å²) in [4.78, 5) is 25.2. The molecule has 1 amide bonds. The van der Waals surface area contributed by atoms with Crippen molar-refractivity contribution in [2.24, 2.45) is 0 Å². The number of rotatable bonds is 6. The average Bonchev–Trinajstić information content (AvgIpc) is 2.54. The summed E-state index contributed by atoms with van der Waals surface area (Å²) in [6.07, 6.45) is 1.32. The lowest BCUT2D eigenvalue weighted by molar-refractivity contribution is -0.146. The van der Waals surface area contributed by atoms with Crippen LogP contribution in [-0.2, 0) is 20.7 Å². The molecule has 1 aromatic rings. The fourth-order valence-electron chi connectivity index (χ4n) is 2.93. The Hall–Kier alpha value is -1.88. The van der Waals surface area contributed by atoms with Gasteiger partial charge in [0.2, 0.25) is 5.91 Å². The molecule has 1 aliphatic rings. The lowest BCUT2D eigenvalue weighted by Gasteiger charge is -2.35. The van der Waals surface area contributed by atoms with Crippen LogP contribution in [0.3, 0.4) is 0 Å². The third kappa shape index (κ3) is 4.79. The van der Waals surface area contributed by atoms with E-state index in [-0.39, 0.29) is 24.3 Å². The van der Waals surface area contributed by atoms with E-state index >= 15 is 0 Å². The molecule has 1 aliphatic heterocycles. The lowest BCUT2D eigenvalue weighted by Crippen LogP contribution is -2.49. The van der Waals surface area contributed by atoms with Gasteiger partial charge in [-0.2, -0.15) is 0 Å². The summed E-state index contributed by atoms with van der Waals surface area (Å²) < 4.78 is 5.32. The van der Waals surface area contributed by atoms with Gasteiger partial charge in [0.05, 0.1) is 25.7 Å². The number of benzene rings is 1. The molecule has 5 nitrogen and oxygen atoms in total. The highest BCUT2D eigenvalue weighted by Gasteiger charge is 2.29. The highest BCUT2D eigenvalue weighted by molar-refractivity contribution is 5.78. The molecule has 2 rings (SSSR count). The minimum atomic E-state index is -0.901. The molecule has 1 fully saturated rings. The van der Waals surface area contributed by atoms with Crippen LogP contribution in [0.15, 0.2) is 24.3 Å². The maximum Gasteiger partial charge on any atom is 0.305 e. The third-order valence-electron chi connectivity index (χ3n) is 4.40. The van der Waals surface area contributed by atoms with Crippen LogP contribution < -0.4 is 0 Å². The van der Waals surface area contributed by atoms with Gasteiger partial charge in [-0.25, -0.2) is 0 Å². The van der Waals surface area contributed by atoms with Gasteiger partial charge in [0.15, 0.2) is 0 Å². The Bertz CT molecular complexity index is 540. The van der Waals surface area contributed by atoms with Gasteiger partial charge in [-0.15, -0.1) is 0 Å². The maximum atomic E-state index is 12.6. The van der Waals surface area contributed by atoms with Crippen molar-refractivity contribution in [2.75, 3.05) is 19.8 Å². The molecule has 23 heavy (non-hydrogen) atoms. The smallest absolute Gasteiger partial charge is 0.305 e. The lowest BCUT2D eigenvalue weighted by atomic mass is 9.95. The minimum Gasteiger partial charge on any atom is -0.481 e. The Balaban J connectivity index is 1.99. The number of hydrogen-bond acceptors (Lipinski definition) is 3. The predicted molar refractivity (Wildman–Crippen MR) is 87.4 cm³/mol. The van der Waals surface area contributed by atoms with Crippen LogP contribution in [-0.4, -0.2) is 47.7 Å². The number of nitrogens with zero attached hydrogens (tertiary/aromatic N) is 1. The zero-order valence-corrected chi connectivity index (χ0v) is 13.8. The average molecular weight is 319 g/mol. The van der Waals surface area contributed by atoms with Crippen molar-refractivity contribution in [1.29, 1.82) is 0 Å². The van der Waals surface area contributed by atoms with E-state index < -0.39 is 5.97 Å². The Morgan fingerprint density at radius 3 is 2.65 bits per heavy atom. The molecule has 5 heteroatoms. The first-order chi connectivity index (χ1) is 11.0. The number of amides is 1. The van der Waals surface area contributed by atoms with E-state index in [1.165, 1.54) is 5.56 Å². The molecule has 1 aromatic carbocycles. The molecule has 0 aliphatic carbocycles. The number of hydrogen-bond donors (Lipinski definition) is 1. The summed E-state index contributed by atoms with van der Waals surface area (Å²) >= 11 is 0. The highest BCUT2D eigenvalue weighted by Crippen LogP contribution is 2.22. The zero-order valence-electron chi connectivity index (χ0n) is 13.8. The summed E-state index contributed by atoms with van der Waals surface area (Å²) in [5, 5.41) is 8.98. The Labute approximate surface area is 137 Å². The fourth-order valence-corrected chi connectivity index (χ4v) is 2.93. The zero-order chi connectivity index (χ0) is 16.8. The number of carbonyl (C=O) groups is 2. The largest absolute Gasteiger partial charge is 0.481 e. The Morgan fingerprint density at radius 1 is 1.35 bits per heavy atom. The second kappa shape index (κ2) is 8.11. The summed E-state index contributed by atoms with van der Waals surface area (Å²) in [6.45, 7) is 5.39. The van der Waals surface area contributed by atoms with E-state index in [0.717, 1.165) is 12.0 Å². The predicted octanol–water partition coefficient (Wildman–Crippen LogP) is 2.44. The van der Waals surface area contributed by atoms with Crippen molar-refractivity contribution in [1.82, 2.24) is 4.90 Å². The van der Waals surface area contributed by atoms with E-state index in [1.54, 1.807) is 4.90 Å². The summed E-state index contributed by atoms with van der Waals surface area (Å²) in [5.41, 5.74) is 2.42.